The number of para-hydroxylation sites is 1. The first kappa shape index (κ1) is 23.0. The van der Waals surface area contributed by atoms with Crippen molar-refractivity contribution in [3.05, 3.63) is 118 Å². The van der Waals surface area contributed by atoms with Gasteiger partial charge in [-0.05, 0) is 78.7 Å². The number of halogens is 1. The van der Waals surface area contributed by atoms with Crippen molar-refractivity contribution >= 4 is 54.7 Å². The molecule has 0 bridgehead atoms. The number of nitrogens with zero attached hydrogens (tertiary/aromatic N) is 3. The van der Waals surface area contributed by atoms with Crippen molar-refractivity contribution < 1.29 is 9.53 Å². The Balaban J connectivity index is 1.46. The van der Waals surface area contributed by atoms with Crippen LogP contribution < -0.4 is 9.75 Å². The number of anilines is 1. The summed E-state index contributed by atoms with van der Waals surface area (Å²) in [6.45, 7) is 2.03. The lowest BCUT2D eigenvalue weighted by atomic mass is 10.2. The maximum atomic E-state index is 13.6. The predicted octanol–water partition coefficient (Wildman–Crippen LogP) is 7.84. The Labute approximate surface area is 215 Å². The van der Waals surface area contributed by atoms with E-state index in [1.165, 1.54) is 16.3 Å². The van der Waals surface area contributed by atoms with Gasteiger partial charge in [-0.25, -0.2) is 4.98 Å². The van der Waals surface area contributed by atoms with E-state index in [1.807, 2.05) is 73.7 Å². The second kappa shape index (κ2) is 10.2. The van der Waals surface area contributed by atoms with E-state index >= 15 is 0 Å². The number of amides is 1. The average molecular weight is 542 g/mol. The van der Waals surface area contributed by atoms with Gasteiger partial charge in [0.1, 0.15) is 11.5 Å². The Hall–Kier alpha value is -3.81. The lowest BCUT2D eigenvalue weighted by molar-refractivity contribution is 0.0988. The van der Waals surface area contributed by atoms with E-state index < -0.39 is 0 Å². The predicted molar refractivity (Wildman–Crippen MR) is 146 cm³/mol. The van der Waals surface area contributed by atoms with E-state index in [4.69, 9.17) is 4.74 Å². The molecule has 5 rings (SSSR count). The van der Waals surface area contributed by atoms with Crippen LogP contribution in [0, 0.1) is 6.92 Å². The number of hydrogen-bond acceptors (Lipinski definition) is 5. The number of thiazole rings is 1. The van der Waals surface area contributed by atoms with Crippen LogP contribution in [0.4, 0.5) is 5.13 Å². The van der Waals surface area contributed by atoms with Gasteiger partial charge >= 0.3 is 0 Å². The molecule has 0 aliphatic rings. The standard InChI is InChI=1S/C28H20BrN3O2S/c1-19-7-16-25-26(17-19)35-28(31-25)32(30-18-20-8-12-22(29)13-9-20)27(33)21-10-14-24(15-11-21)34-23-5-3-2-4-6-23/h2-18H,1H3/b30-18+. The molecule has 0 fully saturated rings. The SMILES string of the molecule is Cc1ccc2nc(N(/N=C/c3ccc(Br)cc3)C(=O)c3ccc(Oc4ccccc4)cc3)sc2c1. The fourth-order valence-electron chi connectivity index (χ4n) is 3.38. The van der Waals surface area contributed by atoms with Crippen LogP contribution in [0.25, 0.3) is 10.2 Å². The number of fused-ring (bicyclic) bond motifs is 1. The highest BCUT2D eigenvalue weighted by Gasteiger charge is 2.21. The molecular formula is C28H20BrN3O2S. The van der Waals surface area contributed by atoms with Crippen LogP contribution in [-0.2, 0) is 0 Å². The Kier molecular flexibility index (Phi) is 6.70. The smallest absolute Gasteiger partial charge is 0.280 e. The quantitative estimate of drug-likeness (QED) is 0.162. The summed E-state index contributed by atoms with van der Waals surface area (Å²) in [5, 5.41) is 6.40. The molecule has 0 saturated carbocycles. The van der Waals surface area contributed by atoms with E-state index in [0.717, 1.165) is 31.6 Å². The number of carbonyl (C=O) groups is 1. The zero-order valence-electron chi connectivity index (χ0n) is 18.8. The molecular weight excluding hydrogens is 522 g/mol. The van der Waals surface area contributed by atoms with Gasteiger partial charge in [-0.3, -0.25) is 4.79 Å². The van der Waals surface area contributed by atoms with Crippen LogP contribution in [0.5, 0.6) is 11.5 Å². The van der Waals surface area contributed by atoms with Gasteiger partial charge in [-0.1, -0.05) is 63.7 Å². The normalized spacial score (nSPS) is 11.1. The Morgan fingerprint density at radius 2 is 1.66 bits per heavy atom. The van der Waals surface area contributed by atoms with Gasteiger partial charge in [0.2, 0.25) is 5.13 Å². The van der Waals surface area contributed by atoms with E-state index in [-0.39, 0.29) is 5.91 Å². The minimum atomic E-state index is -0.277. The van der Waals surface area contributed by atoms with Crippen LogP contribution in [0.3, 0.4) is 0 Å². The molecule has 172 valence electrons. The maximum absolute atomic E-state index is 13.6. The minimum Gasteiger partial charge on any atom is -0.457 e. The Morgan fingerprint density at radius 1 is 0.943 bits per heavy atom. The molecule has 0 aliphatic carbocycles. The molecule has 0 N–H and O–H groups in total. The summed E-state index contributed by atoms with van der Waals surface area (Å²) in [6, 6.07) is 30.3. The number of aryl methyl sites for hydroxylation is 1. The second-order valence-corrected chi connectivity index (χ2v) is 9.74. The number of ether oxygens (including phenoxy) is 1. The molecule has 0 saturated heterocycles. The molecule has 35 heavy (non-hydrogen) atoms. The molecule has 5 nitrogen and oxygen atoms in total. The van der Waals surface area contributed by atoms with Crippen molar-refractivity contribution in [3.63, 3.8) is 0 Å². The van der Waals surface area contributed by atoms with Gasteiger partial charge < -0.3 is 4.74 Å². The molecule has 1 heterocycles. The third-order valence-electron chi connectivity index (χ3n) is 5.18. The summed E-state index contributed by atoms with van der Waals surface area (Å²) < 4.78 is 7.83. The molecule has 0 atom stereocenters. The van der Waals surface area contributed by atoms with Crippen LogP contribution >= 0.6 is 27.3 Å². The van der Waals surface area contributed by atoms with Crippen LogP contribution in [-0.4, -0.2) is 17.1 Å². The lowest BCUT2D eigenvalue weighted by Gasteiger charge is -2.14. The second-order valence-electron chi connectivity index (χ2n) is 7.82. The number of aromatic nitrogens is 1. The first-order valence-corrected chi connectivity index (χ1v) is 12.5. The summed E-state index contributed by atoms with van der Waals surface area (Å²) in [5.74, 6) is 1.10. The highest BCUT2D eigenvalue weighted by atomic mass is 79.9. The maximum Gasteiger partial charge on any atom is 0.280 e. The number of rotatable bonds is 6. The largest absolute Gasteiger partial charge is 0.457 e. The summed E-state index contributed by atoms with van der Waals surface area (Å²) >= 11 is 4.87. The van der Waals surface area contributed by atoms with Crippen molar-refractivity contribution in [3.8, 4) is 11.5 Å². The molecule has 1 amide bonds. The topological polar surface area (TPSA) is 54.8 Å². The summed E-state index contributed by atoms with van der Waals surface area (Å²) in [4.78, 5) is 18.2. The van der Waals surface area contributed by atoms with Crippen molar-refractivity contribution in [1.82, 2.24) is 4.98 Å². The van der Waals surface area contributed by atoms with Crippen LogP contribution in [0.1, 0.15) is 21.5 Å². The molecule has 7 heteroatoms. The molecule has 4 aromatic carbocycles. The lowest BCUT2D eigenvalue weighted by Crippen LogP contribution is -2.25. The monoisotopic (exact) mass is 541 g/mol. The first-order valence-electron chi connectivity index (χ1n) is 10.9. The Morgan fingerprint density at radius 3 is 2.40 bits per heavy atom. The van der Waals surface area contributed by atoms with Gasteiger partial charge in [0.15, 0.2) is 0 Å². The summed E-state index contributed by atoms with van der Waals surface area (Å²) in [5.41, 5.74) is 3.32. The molecule has 1 aromatic heterocycles. The molecule has 0 radical (unpaired) electrons. The number of carbonyl (C=O) groups excluding carboxylic acids is 1. The highest BCUT2D eigenvalue weighted by molar-refractivity contribution is 9.10. The van der Waals surface area contributed by atoms with E-state index in [9.17, 15) is 4.79 Å². The molecule has 0 spiro atoms. The highest BCUT2D eigenvalue weighted by Crippen LogP contribution is 2.31. The van der Waals surface area contributed by atoms with Gasteiger partial charge in [0, 0.05) is 10.0 Å². The van der Waals surface area contributed by atoms with Crippen LogP contribution in [0.15, 0.2) is 107 Å². The zero-order chi connectivity index (χ0) is 24.2. The molecule has 0 aliphatic heterocycles. The summed E-state index contributed by atoms with van der Waals surface area (Å²) in [7, 11) is 0. The van der Waals surface area contributed by atoms with Gasteiger partial charge in [0.25, 0.3) is 5.91 Å². The van der Waals surface area contributed by atoms with Crippen molar-refractivity contribution in [2.24, 2.45) is 5.10 Å². The van der Waals surface area contributed by atoms with Crippen molar-refractivity contribution in [2.75, 3.05) is 5.01 Å². The third kappa shape index (κ3) is 5.48. The molecule has 5 aromatic rings. The number of hydrazone groups is 1. The number of benzene rings is 4. The minimum absolute atomic E-state index is 0.277. The van der Waals surface area contributed by atoms with Crippen molar-refractivity contribution in [2.45, 2.75) is 6.92 Å². The van der Waals surface area contributed by atoms with E-state index in [2.05, 4.69) is 32.1 Å². The molecule has 0 unspecified atom stereocenters. The zero-order valence-corrected chi connectivity index (χ0v) is 21.2. The van der Waals surface area contributed by atoms with Gasteiger partial charge in [-0.15, -0.1) is 0 Å². The first-order chi connectivity index (χ1) is 17.0. The van der Waals surface area contributed by atoms with Crippen molar-refractivity contribution in [1.29, 1.82) is 0 Å². The number of hydrogen-bond donors (Lipinski definition) is 0. The third-order valence-corrected chi connectivity index (χ3v) is 6.70. The van der Waals surface area contributed by atoms with E-state index in [1.54, 1.807) is 30.5 Å². The fourth-order valence-corrected chi connectivity index (χ4v) is 4.67. The van der Waals surface area contributed by atoms with Crippen LogP contribution in [0.2, 0.25) is 0 Å². The fraction of sp³-hybridized carbons (Fsp3) is 0.0357. The van der Waals surface area contributed by atoms with E-state index in [0.29, 0.717) is 16.4 Å². The summed E-state index contributed by atoms with van der Waals surface area (Å²) in [6.07, 6.45) is 1.66. The average Bonchev–Trinajstić information content (AvgIpc) is 3.29. The van der Waals surface area contributed by atoms with Gasteiger partial charge in [-0.2, -0.15) is 10.1 Å². The Bertz CT molecular complexity index is 1500. The van der Waals surface area contributed by atoms with Gasteiger partial charge in [0.05, 0.1) is 16.4 Å².